The van der Waals surface area contributed by atoms with Crippen LogP contribution in [0.1, 0.15) is 41.5 Å². The van der Waals surface area contributed by atoms with Gasteiger partial charge in [0.15, 0.2) is 0 Å². The minimum Gasteiger partial charge on any atom is -0.508 e. The van der Waals surface area contributed by atoms with E-state index in [0.717, 1.165) is 12.8 Å². The molecular formula is C22H22O. The molecule has 0 aliphatic rings. The Kier molecular flexibility index (Phi) is 4.77. The van der Waals surface area contributed by atoms with E-state index in [1.54, 1.807) is 6.07 Å². The minimum atomic E-state index is 0.194. The van der Waals surface area contributed by atoms with Gasteiger partial charge < -0.3 is 5.11 Å². The highest BCUT2D eigenvalue weighted by Gasteiger charge is 2.19. The van der Waals surface area contributed by atoms with Crippen molar-refractivity contribution in [3.63, 3.8) is 0 Å². The Morgan fingerprint density at radius 3 is 1.87 bits per heavy atom. The summed E-state index contributed by atoms with van der Waals surface area (Å²) in [5.74, 6) is 0.539. The van der Waals surface area contributed by atoms with E-state index < -0.39 is 0 Å². The summed E-state index contributed by atoms with van der Waals surface area (Å²) in [6.45, 7) is 2.17. The van der Waals surface area contributed by atoms with Crippen LogP contribution in [-0.2, 0) is 6.42 Å². The zero-order valence-corrected chi connectivity index (χ0v) is 13.4. The van der Waals surface area contributed by atoms with Crippen LogP contribution in [0.4, 0.5) is 0 Å². The lowest BCUT2D eigenvalue weighted by Gasteiger charge is -2.22. The van der Waals surface area contributed by atoms with Gasteiger partial charge in [-0.1, -0.05) is 80.1 Å². The molecule has 0 bridgehead atoms. The van der Waals surface area contributed by atoms with Crippen LogP contribution in [0, 0.1) is 0 Å². The van der Waals surface area contributed by atoms with Crippen molar-refractivity contribution in [2.75, 3.05) is 0 Å². The second-order valence-electron chi connectivity index (χ2n) is 5.89. The lowest BCUT2D eigenvalue weighted by Crippen LogP contribution is -2.06. The third kappa shape index (κ3) is 3.45. The number of hydrogen-bond donors (Lipinski definition) is 1. The first kappa shape index (κ1) is 15.4. The van der Waals surface area contributed by atoms with Gasteiger partial charge in [0.2, 0.25) is 0 Å². The van der Waals surface area contributed by atoms with E-state index in [9.17, 15) is 5.11 Å². The summed E-state index contributed by atoms with van der Waals surface area (Å²) in [5, 5.41) is 9.89. The Balaban J connectivity index is 2.17. The second-order valence-corrected chi connectivity index (χ2v) is 5.89. The van der Waals surface area contributed by atoms with Crippen LogP contribution < -0.4 is 0 Å². The number of aromatic hydroxyl groups is 1. The zero-order chi connectivity index (χ0) is 16.1. The van der Waals surface area contributed by atoms with Gasteiger partial charge in [0.1, 0.15) is 5.75 Å². The number of hydrogen-bond acceptors (Lipinski definition) is 1. The highest BCUT2D eigenvalue weighted by molar-refractivity contribution is 5.48. The van der Waals surface area contributed by atoms with Crippen LogP contribution in [0.2, 0.25) is 0 Å². The van der Waals surface area contributed by atoms with Crippen molar-refractivity contribution in [1.82, 2.24) is 0 Å². The van der Waals surface area contributed by atoms with Gasteiger partial charge in [0.25, 0.3) is 0 Å². The quantitative estimate of drug-likeness (QED) is 0.615. The molecule has 0 saturated heterocycles. The molecule has 1 nitrogen and oxygen atoms in total. The number of phenolic OH excluding ortho intramolecular Hbond substituents is 1. The Labute approximate surface area is 138 Å². The molecule has 116 valence electrons. The van der Waals surface area contributed by atoms with Crippen LogP contribution in [0.25, 0.3) is 0 Å². The summed E-state index contributed by atoms with van der Waals surface area (Å²) in [7, 11) is 0. The molecule has 0 fully saturated rings. The van der Waals surface area contributed by atoms with Gasteiger partial charge in [-0.05, 0) is 40.8 Å². The van der Waals surface area contributed by atoms with Crippen molar-refractivity contribution in [3.05, 3.63) is 101 Å². The standard InChI is InChI=1S/C22H22O/c1-2-9-19-16-20(23)14-15-21(19)22(17-10-5-3-6-11-17)18-12-7-4-8-13-18/h3-8,10-16,22-23H,2,9H2,1H3. The van der Waals surface area contributed by atoms with Gasteiger partial charge in [-0.25, -0.2) is 0 Å². The number of benzene rings is 3. The van der Waals surface area contributed by atoms with Crippen molar-refractivity contribution in [1.29, 1.82) is 0 Å². The molecule has 0 radical (unpaired) electrons. The molecular weight excluding hydrogens is 280 g/mol. The van der Waals surface area contributed by atoms with Gasteiger partial charge in [-0.2, -0.15) is 0 Å². The van der Waals surface area contributed by atoms with Gasteiger partial charge in [-0.15, -0.1) is 0 Å². The molecule has 0 aliphatic heterocycles. The van der Waals surface area contributed by atoms with E-state index >= 15 is 0 Å². The first-order chi connectivity index (χ1) is 11.3. The normalized spacial score (nSPS) is 10.9. The third-order valence-corrected chi connectivity index (χ3v) is 4.22. The van der Waals surface area contributed by atoms with Gasteiger partial charge in [0, 0.05) is 5.92 Å². The van der Waals surface area contributed by atoms with Crippen LogP contribution in [0.5, 0.6) is 5.75 Å². The Bertz CT molecular complexity index is 708. The Morgan fingerprint density at radius 2 is 1.35 bits per heavy atom. The molecule has 0 heterocycles. The van der Waals surface area contributed by atoms with Crippen molar-refractivity contribution in [2.45, 2.75) is 25.7 Å². The van der Waals surface area contributed by atoms with E-state index in [1.807, 2.05) is 6.07 Å². The smallest absolute Gasteiger partial charge is 0.115 e. The van der Waals surface area contributed by atoms with Crippen molar-refractivity contribution in [3.8, 4) is 5.75 Å². The predicted molar refractivity (Wildman–Crippen MR) is 95.9 cm³/mol. The third-order valence-electron chi connectivity index (χ3n) is 4.22. The summed E-state index contributed by atoms with van der Waals surface area (Å²) in [6.07, 6.45) is 2.03. The van der Waals surface area contributed by atoms with Crippen molar-refractivity contribution < 1.29 is 5.11 Å². The Hall–Kier alpha value is -2.54. The van der Waals surface area contributed by atoms with E-state index in [2.05, 4.69) is 73.7 Å². The van der Waals surface area contributed by atoms with E-state index in [-0.39, 0.29) is 5.92 Å². The lowest BCUT2D eigenvalue weighted by molar-refractivity contribution is 0.474. The molecule has 0 saturated carbocycles. The molecule has 1 heteroatoms. The predicted octanol–water partition coefficient (Wildman–Crippen LogP) is 5.52. The first-order valence-electron chi connectivity index (χ1n) is 8.21. The van der Waals surface area contributed by atoms with Crippen LogP contribution >= 0.6 is 0 Å². The molecule has 0 spiro atoms. The highest BCUT2D eigenvalue weighted by atomic mass is 16.3. The minimum absolute atomic E-state index is 0.194. The largest absolute Gasteiger partial charge is 0.508 e. The van der Waals surface area contributed by atoms with Crippen LogP contribution in [-0.4, -0.2) is 5.11 Å². The molecule has 3 rings (SSSR count). The van der Waals surface area contributed by atoms with E-state index in [1.165, 1.54) is 22.3 Å². The van der Waals surface area contributed by atoms with E-state index in [0.29, 0.717) is 5.75 Å². The van der Waals surface area contributed by atoms with E-state index in [4.69, 9.17) is 0 Å². The lowest BCUT2D eigenvalue weighted by atomic mass is 9.82. The Morgan fingerprint density at radius 1 is 0.783 bits per heavy atom. The molecule has 0 unspecified atom stereocenters. The number of rotatable bonds is 5. The summed E-state index contributed by atoms with van der Waals surface area (Å²) in [6, 6.07) is 27.0. The number of aryl methyl sites for hydroxylation is 1. The fraction of sp³-hybridized carbons (Fsp3) is 0.182. The average Bonchev–Trinajstić information content (AvgIpc) is 2.59. The average molecular weight is 302 g/mol. The van der Waals surface area contributed by atoms with Crippen molar-refractivity contribution >= 4 is 0 Å². The summed E-state index contributed by atoms with van der Waals surface area (Å²) in [4.78, 5) is 0. The maximum absolute atomic E-state index is 9.89. The number of phenols is 1. The first-order valence-corrected chi connectivity index (χ1v) is 8.21. The topological polar surface area (TPSA) is 20.2 Å². The van der Waals surface area contributed by atoms with Crippen LogP contribution in [0.15, 0.2) is 78.9 Å². The summed E-state index contributed by atoms with van der Waals surface area (Å²) >= 11 is 0. The molecule has 1 N–H and O–H groups in total. The molecule has 0 aliphatic carbocycles. The summed E-state index contributed by atoms with van der Waals surface area (Å²) < 4.78 is 0. The maximum atomic E-state index is 9.89. The molecule has 23 heavy (non-hydrogen) atoms. The molecule has 3 aromatic rings. The molecule has 0 atom stereocenters. The second kappa shape index (κ2) is 7.15. The summed E-state index contributed by atoms with van der Waals surface area (Å²) in [5.41, 5.74) is 5.07. The van der Waals surface area contributed by atoms with Crippen molar-refractivity contribution in [2.24, 2.45) is 0 Å². The zero-order valence-electron chi connectivity index (χ0n) is 13.4. The fourth-order valence-corrected chi connectivity index (χ4v) is 3.20. The van der Waals surface area contributed by atoms with Crippen LogP contribution in [0.3, 0.4) is 0 Å². The SMILES string of the molecule is CCCc1cc(O)ccc1C(c1ccccc1)c1ccccc1. The van der Waals surface area contributed by atoms with Gasteiger partial charge >= 0.3 is 0 Å². The highest BCUT2D eigenvalue weighted by Crippen LogP contribution is 2.35. The van der Waals surface area contributed by atoms with Gasteiger partial charge in [0.05, 0.1) is 0 Å². The maximum Gasteiger partial charge on any atom is 0.115 e. The molecule has 0 aromatic heterocycles. The monoisotopic (exact) mass is 302 g/mol. The fourth-order valence-electron chi connectivity index (χ4n) is 3.20. The molecule has 0 amide bonds. The molecule has 3 aromatic carbocycles. The van der Waals surface area contributed by atoms with Gasteiger partial charge in [-0.3, -0.25) is 0 Å².